The van der Waals surface area contributed by atoms with Gasteiger partial charge in [0.2, 0.25) is 5.91 Å². The number of amides is 1. The van der Waals surface area contributed by atoms with Crippen molar-refractivity contribution in [3.05, 3.63) is 17.5 Å². The summed E-state index contributed by atoms with van der Waals surface area (Å²) in [5, 5.41) is 1.76. The third kappa shape index (κ3) is 2.98. The van der Waals surface area contributed by atoms with Gasteiger partial charge in [-0.15, -0.1) is 11.3 Å². The second kappa shape index (κ2) is 5.60. The molecule has 1 aliphatic rings. The number of hydrogen-bond acceptors (Lipinski definition) is 4. The van der Waals surface area contributed by atoms with Gasteiger partial charge in [-0.2, -0.15) is 4.31 Å². The molecule has 2 heterocycles. The third-order valence-corrected chi connectivity index (χ3v) is 6.60. The van der Waals surface area contributed by atoms with Crippen molar-refractivity contribution in [1.29, 1.82) is 0 Å². The fourth-order valence-corrected chi connectivity index (χ4v) is 4.86. The van der Waals surface area contributed by atoms with Crippen molar-refractivity contribution in [2.24, 2.45) is 5.92 Å². The smallest absolute Gasteiger partial charge is 0.252 e. The van der Waals surface area contributed by atoms with E-state index in [1.807, 2.05) is 0 Å². The standard InChI is InChI=1S/C12H18N2O3S2/c1-13(2)12(15)10-5-7-14(8-6-10)19(16,17)11-4-3-9-18-11/h3-4,9-10H,5-8H2,1-2H3. The molecule has 0 spiro atoms. The number of hydrogen-bond donors (Lipinski definition) is 0. The highest BCUT2D eigenvalue weighted by atomic mass is 32.2. The maximum Gasteiger partial charge on any atom is 0.252 e. The summed E-state index contributed by atoms with van der Waals surface area (Å²) >= 11 is 1.23. The molecule has 0 unspecified atom stereocenters. The fraction of sp³-hybridized carbons (Fsp3) is 0.583. The van der Waals surface area contributed by atoms with Crippen LogP contribution in [0.25, 0.3) is 0 Å². The monoisotopic (exact) mass is 302 g/mol. The van der Waals surface area contributed by atoms with Gasteiger partial charge >= 0.3 is 0 Å². The molecule has 1 saturated heterocycles. The molecule has 1 fully saturated rings. The quantitative estimate of drug-likeness (QED) is 0.844. The molecule has 0 saturated carbocycles. The molecule has 106 valence electrons. The summed E-state index contributed by atoms with van der Waals surface area (Å²) in [6.07, 6.45) is 1.20. The van der Waals surface area contributed by atoms with Crippen LogP contribution < -0.4 is 0 Å². The van der Waals surface area contributed by atoms with Crippen molar-refractivity contribution in [1.82, 2.24) is 9.21 Å². The Morgan fingerprint density at radius 1 is 1.37 bits per heavy atom. The van der Waals surface area contributed by atoms with Gasteiger partial charge in [0.05, 0.1) is 0 Å². The van der Waals surface area contributed by atoms with Crippen LogP contribution in [-0.4, -0.2) is 50.7 Å². The van der Waals surface area contributed by atoms with Gasteiger partial charge in [0, 0.05) is 33.1 Å². The lowest BCUT2D eigenvalue weighted by Gasteiger charge is -2.31. The molecule has 0 bridgehead atoms. The van der Waals surface area contributed by atoms with Gasteiger partial charge in [0.1, 0.15) is 4.21 Å². The Balaban J connectivity index is 2.03. The zero-order valence-corrected chi connectivity index (χ0v) is 12.7. The highest BCUT2D eigenvalue weighted by Crippen LogP contribution is 2.26. The lowest BCUT2D eigenvalue weighted by atomic mass is 9.97. The summed E-state index contributed by atoms with van der Waals surface area (Å²) in [6, 6.07) is 3.36. The molecular weight excluding hydrogens is 284 g/mol. The van der Waals surface area contributed by atoms with Gasteiger partial charge in [0.25, 0.3) is 10.0 Å². The Kier molecular flexibility index (Phi) is 4.27. The minimum Gasteiger partial charge on any atom is -0.349 e. The first kappa shape index (κ1) is 14.5. The SMILES string of the molecule is CN(C)C(=O)C1CCN(S(=O)(=O)c2cccs2)CC1. The van der Waals surface area contributed by atoms with Crippen LogP contribution in [0.5, 0.6) is 0 Å². The van der Waals surface area contributed by atoms with Crippen LogP contribution in [0.3, 0.4) is 0 Å². The van der Waals surface area contributed by atoms with Gasteiger partial charge in [-0.3, -0.25) is 4.79 Å². The molecule has 2 rings (SSSR count). The molecular formula is C12H18N2O3S2. The maximum atomic E-state index is 12.3. The number of carbonyl (C=O) groups excluding carboxylic acids is 1. The summed E-state index contributed by atoms with van der Waals surface area (Å²) in [5.74, 6) is 0.0398. The van der Waals surface area contributed by atoms with Crippen LogP contribution in [0.2, 0.25) is 0 Å². The van der Waals surface area contributed by atoms with Crippen molar-refractivity contribution in [2.75, 3.05) is 27.2 Å². The summed E-state index contributed by atoms with van der Waals surface area (Å²) < 4.78 is 26.5. The number of nitrogens with zero attached hydrogens (tertiary/aromatic N) is 2. The van der Waals surface area contributed by atoms with Crippen LogP contribution in [0.15, 0.2) is 21.7 Å². The highest BCUT2D eigenvalue weighted by molar-refractivity contribution is 7.91. The topological polar surface area (TPSA) is 57.7 Å². The van der Waals surface area contributed by atoms with E-state index in [1.54, 1.807) is 36.5 Å². The van der Waals surface area contributed by atoms with E-state index in [0.29, 0.717) is 30.1 Å². The van der Waals surface area contributed by atoms with E-state index in [4.69, 9.17) is 0 Å². The van der Waals surface area contributed by atoms with E-state index in [0.717, 1.165) is 0 Å². The molecule has 7 heteroatoms. The Morgan fingerprint density at radius 2 is 2.00 bits per heavy atom. The van der Waals surface area contributed by atoms with Gasteiger partial charge in [-0.25, -0.2) is 8.42 Å². The van der Waals surface area contributed by atoms with Crippen molar-refractivity contribution in [2.45, 2.75) is 17.1 Å². The molecule has 0 radical (unpaired) electrons. The molecule has 1 amide bonds. The van der Waals surface area contributed by atoms with Gasteiger partial charge in [0.15, 0.2) is 0 Å². The van der Waals surface area contributed by atoms with E-state index in [-0.39, 0.29) is 11.8 Å². The van der Waals surface area contributed by atoms with Gasteiger partial charge in [-0.05, 0) is 24.3 Å². The van der Waals surface area contributed by atoms with Crippen LogP contribution in [-0.2, 0) is 14.8 Å². The molecule has 1 aromatic rings. The Bertz CT molecular complexity index is 529. The minimum atomic E-state index is -3.36. The molecule has 0 N–H and O–H groups in total. The molecule has 0 aliphatic carbocycles. The number of sulfonamides is 1. The number of rotatable bonds is 3. The Labute approximate surface area is 117 Å². The van der Waals surface area contributed by atoms with E-state index in [9.17, 15) is 13.2 Å². The molecule has 1 aromatic heterocycles. The first-order valence-electron chi connectivity index (χ1n) is 6.17. The average Bonchev–Trinajstić information content (AvgIpc) is 2.92. The lowest BCUT2D eigenvalue weighted by molar-refractivity contribution is -0.134. The minimum absolute atomic E-state index is 0.0511. The summed E-state index contributed by atoms with van der Waals surface area (Å²) in [7, 11) is 0.105. The van der Waals surface area contributed by atoms with Crippen LogP contribution >= 0.6 is 11.3 Å². The first-order chi connectivity index (χ1) is 8.93. The molecule has 1 aliphatic heterocycles. The zero-order valence-electron chi connectivity index (χ0n) is 11.1. The average molecular weight is 302 g/mol. The van der Waals surface area contributed by atoms with Crippen LogP contribution in [0.1, 0.15) is 12.8 Å². The van der Waals surface area contributed by atoms with Crippen molar-refractivity contribution in [3.63, 3.8) is 0 Å². The normalized spacial score (nSPS) is 18.4. The molecule has 0 aromatic carbocycles. The van der Waals surface area contributed by atoms with Crippen molar-refractivity contribution >= 4 is 27.3 Å². The van der Waals surface area contributed by atoms with E-state index >= 15 is 0 Å². The fourth-order valence-electron chi connectivity index (χ4n) is 2.25. The second-order valence-corrected chi connectivity index (χ2v) is 7.96. The third-order valence-electron chi connectivity index (χ3n) is 3.33. The predicted molar refractivity (Wildman–Crippen MR) is 74.5 cm³/mol. The van der Waals surface area contributed by atoms with Crippen molar-refractivity contribution in [3.8, 4) is 0 Å². The maximum absolute atomic E-state index is 12.3. The number of piperidine rings is 1. The second-order valence-electron chi connectivity index (χ2n) is 4.84. The number of carbonyl (C=O) groups is 1. The lowest BCUT2D eigenvalue weighted by Crippen LogP contribution is -2.42. The summed E-state index contributed by atoms with van der Waals surface area (Å²) in [6.45, 7) is 0.842. The number of thiophene rings is 1. The van der Waals surface area contributed by atoms with E-state index in [2.05, 4.69) is 0 Å². The van der Waals surface area contributed by atoms with E-state index in [1.165, 1.54) is 15.6 Å². The summed E-state index contributed by atoms with van der Waals surface area (Å²) in [4.78, 5) is 13.4. The Morgan fingerprint density at radius 3 is 2.47 bits per heavy atom. The molecule has 5 nitrogen and oxygen atoms in total. The Hall–Kier alpha value is -0.920. The zero-order chi connectivity index (χ0) is 14.0. The van der Waals surface area contributed by atoms with Crippen LogP contribution in [0, 0.1) is 5.92 Å². The summed E-state index contributed by atoms with van der Waals surface area (Å²) in [5.41, 5.74) is 0. The molecule has 19 heavy (non-hydrogen) atoms. The van der Waals surface area contributed by atoms with Crippen molar-refractivity contribution < 1.29 is 13.2 Å². The molecule has 0 atom stereocenters. The van der Waals surface area contributed by atoms with Gasteiger partial charge < -0.3 is 4.90 Å². The predicted octanol–water partition coefficient (Wildman–Crippen LogP) is 1.24. The van der Waals surface area contributed by atoms with Crippen LogP contribution in [0.4, 0.5) is 0 Å². The largest absolute Gasteiger partial charge is 0.349 e. The van der Waals surface area contributed by atoms with Gasteiger partial charge in [-0.1, -0.05) is 6.07 Å². The highest BCUT2D eigenvalue weighted by Gasteiger charge is 2.32. The van der Waals surface area contributed by atoms with E-state index < -0.39 is 10.0 Å². The first-order valence-corrected chi connectivity index (χ1v) is 8.49.